The standard InChI is InChI=1S/C18H34O2/c1-16(2)13-11-9-7-5-4-6-8-10-12-14-17(3)15-18(19)20/h15-16H,4-14H2,1-3H3,(H,19,20). The van der Waals surface area contributed by atoms with Crippen molar-refractivity contribution < 1.29 is 9.90 Å². The molecule has 0 saturated carbocycles. The van der Waals surface area contributed by atoms with Gasteiger partial charge < -0.3 is 5.11 Å². The Balaban J connectivity index is 3.19. The molecule has 0 aliphatic carbocycles. The van der Waals surface area contributed by atoms with Gasteiger partial charge in [0.2, 0.25) is 0 Å². The molecule has 0 amide bonds. The van der Waals surface area contributed by atoms with Crippen LogP contribution in [-0.4, -0.2) is 11.1 Å². The molecule has 0 bridgehead atoms. The van der Waals surface area contributed by atoms with Crippen molar-refractivity contribution in [2.75, 3.05) is 0 Å². The average Bonchev–Trinajstić information content (AvgIpc) is 2.34. The molecular weight excluding hydrogens is 248 g/mol. The molecule has 0 aliphatic heterocycles. The Morgan fingerprint density at radius 1 is 0.900 bits per heavy atom. The predicted molar refractivity (Wildman–Crippen MR) is 87.0 cm³/mol. The Kier molecular flexibility index (Phi) is 12.7. The molecule has 2 nitrogen and oxygen atoms in total. The second-order valence-electron chi connectivity index (χ2n) is 6.44. The lowest BCUT2D eigenvalue weighted by atomic mass is 10.0. The number of hydrogen-bond donors (Lipinski definition) is 1. The summed E-state index contributed by atoms with van der Waals surface area (Å²) in [6.45, 7) is 6.51. The minimum absolute atomic E-state index is 0.819. The first-order valence-electron chi connectivity index (χ1n) is 8.42. The maximum Gasteiger partial charge on any atom is 0.328 e. The molecule has 0 atom stereocenters. The highest BCUT2D eigenvalue weighted by atomic mass is 16.4. The predicted octanol–water partition coefficient (Wildman–Crippen LogP) is 5.96. The fraction of sp³-hybridized carbons (Fsp3) is 0.833. The number of allylic oxidation sites excluding steroid dienone is 1. The van der Waals surface area contributed by atoms with E-state index in [1.54, 1.807) is 0 Å². The number of aliphatic carboxylic acids is 1. The minimum Gasteiger partial charge on any atom is -0.478 e. The van der Waals surface area contributed by atoms with Gasteiger partial charge in [0.05, 0.1) is 0 Å². The van der Waals surface area contributed by atoms with E-state index in [1.807, 2.05) is 6.92 Å². The Bertz CT molecular complexity index is 267. The van der Waals surface area contributed by atoms with E-state index in [1.165, 1.54) is 63.9 Å². The summed E-state index contributed by atoms with van der Waals surface area (Å²) in [5, 5.41) is 8.60. The van der Waals surface area contributed by atoms with Crippen molar-refractivity contribution in [2.24, 2.45) is 5.92 Å². The maximum atomic E-state index is 10.5. The molecule has 118 valence electrons. The molecule has 0 spiro atoms. The van der Waals surface area contributed by atoms with Crippen LogP contribution in [0.2, 0.25) is 0 Å². The summed E-state index contributed by atoms with van der Waals surface area (Å²) in [5.41, 5.74) is 0.989. The van der Waals surface area contributed by atoms with Gasteiger partial charge >= 0.3 is 5.97 Å². The molecule has 20 heavy (non-hydrogen) atoms. The number of hydrogen-bond acceptors (Lipinski definition) is 1. The molecule has 0 aromatic rings. The van der Waals surface area contributed by atoms with Crippen LogP contribution in [0.15, 0.2) is 11.6 Å². The van der Waals surface area contributed by atoms with Crippen LogP contribution in [0.3, 0.4) is 0 Å². The van der Waals surface area contributed by atoms with Crippen molar-refractivity contribution in [3.8, 4) is 0 Å². The van der Waals surface area contributed by atoms with Gasteiger partial charge in [-0.25, -0.2) is 4.79 Å². The Morgan fingerprint density at radius 3 is 1.80 bits per heavy atom. The lowest BCUT2D eigenvalue weighted by molar-refractivity contribution is -0.131. The molecule has 0 fully saturated rings. The summed E-state index contributed by atoms with van der Waals surface area (Å²) >= 11 is 0. The zero-order chi connectivity index (χ0) is 15.2. The van der Waals surface area contributed by atoms with Crippen LogP contribution in [0.5, 0.6) is 0 Å². The van der Waals surface area contributed by atoms with Gasteiger partial charge in [0.25, 0.3) is 0 Å². The second-order valence-corrected chi connectivity index (χ2v) is 6.44. The van der Waals surface area contributed by atoms with Crippen molar-refractivity contribution in [1.82, 2.24) is 0 Å². The van der Waals surface area contributed by atoms with Crippen LogP contribution in [-0.2, 0) is 4.79 Å². The Labute approximate surface area is 125 Å². The van der Waals surface area contributed by atoms with E-state index in [9.17, 15) is 4.79 Å². The quantitative estimate of drug-likeness (QED) is 0.334. The highest BCUT2D eigenvalue weighted by molar-refractivity contribution is 5.80. The smallest absolute Gasteiger partial charge is 0.328 e. The van der Waals surface area contributed by atoms with Gasteiger partial charge in [0.1, 0.15) is 0 Å². The minimum atomic E-state index is -0.819. The van der Waals surface area contributed by atoms with E-state index >= 15 is 0 Å². The normalized spacial score (nSPS) is 12.1. The molecular formula is C18H34O2. The van der Waals surface area contributed by atoms with Gasteiger partial charge in [-0.05, 0) is 25.7 Å². The molecule has 0 aromatic heterocycles. The van der Waals surface area contributed by atoms with Crippen molar-refractivity contribution in [3.05, 3.63) is 11.6 Å². The van der Waals surface area contributed by atoms with Gasteiger partial charge in [0, 0.05) is 6.08 Å². The van der Waals surface area contributed by atoms with E-state index < -0.39 is 5.97 Å². The molecule has 0 heterocycles. The number of carboxylic acids is 1. The van der Waals surface area contributed by atoms with Crippen LogP contribution in [0, 0.1) is 5.92 Å². The van der Waals surface area contributed by atoms with Crippen molar-refractivity contribution in [3.63, 3.8) is 0 Å². The molecule has 0 aliphatic rings. The van der Waals surface area contributed by atoms with E-state index in [-0.39, 0.29) is 0 Å². The third-order valence-electron chi connectivity index (χ3n) is 3.72. The number of unbranched alkanes of at least 4 members (excludes halogenated alkanes) is 8. The largest absolute Gasteiger partial charge is 0.478 e. The van der Waals surface area contributed by atoms with Crippen LogP contribution in [0.4, 0.5) is 0 Å². The Morgan fingerprint density at radius 2 is 1.35 bits per heavy atom. The lowest BCUT2D eigenvalue weighted by Crippen LogP contribution is -1.90. The zero-order valence-corrected chi connectivity index (χ0v) is 13.8. The first-order chi connectivity index (χ1) is 9.52. The summed E-state index contributed by atoms with van der Waals surface area (Å²) in [5.74, 6) is 0.0357. The van der Waals surface area contributed by atoms with Crippen LogP contribution in [0.1, 0.15) is 91.4 Å². The fourth-order valence-electron chi connectivity index (χ4n) is 2.48. The summed E-state index contributed by atoms with van der Waals surface area (Å²) in [4.78, 5) is 10.5. The van der Waals surface area contributed by atoms with Gasteiger partial charge in [-0.2, -0.15) is 0 Å². The third kappa shape index (κ3) is 15.3. The SMILES string of the molecule is CC(=CC(=O)O)CCCCCCCCCCCC(C)C. The summed E-state index contributed by atoms with van der Waals surface area (Å²) in [7, 11) is 0. The number of rotatable bonds is 13. The highest BCUT2D eigenvalue weighted by Gasteiger charge is 1.97. The van der Waals surface area contributed by atoms with E-state index in [0.29, 0.717) is 0 Å². The summed E-state index contributed by atoms with van der Waals surface area (Å²) in [6.07, 6.45) is 15.6. The zero-order valence-electron chi connectivity index (χ0n) is 13.8. The molecule has 0 saturated heterocycles. The van der Waals surface area contributed by atoms with Crippen LogP contribution >= 0.6 is 0 Å². The third-order valence-corrected chi connectivity index (χ3v) is 3.72. The monoisotopic (exact) mass is 282 g/mol. The van der Waals surface area contributed by atoms with Crippen molar-refractivity contribution >= 4 is 5.97 Å². The topological polar surface area (TPSA) is 37.3 Å². The van der Waals surface area contributed by atoms with E-state index in [0.717, 1.165) is 24.3 Å². The Hall–Kier alpha value is -0.790. The van der Waals surface area contributed by atoms with Crippen LogP contribution < -0.4 is 0 Å². The number of carboxylic acid groups (broad SMARTS) is 1. The van der Waals surface area contributed by atoms with E-state index in [4.69, 9.17) is 5.11 Å². The lowest BCUT2D eigenvalue weighted by Gasteiger charge is -2.04. The molecule has 0 unspecified atom stereocenters. The first-order valence-corrected chi connectivity index (χ1v) is 8.42. The second kappa shape index (κ2) is 13.2. The molecule has 0 aromatic carbocycles. The van der Waals surface area contributed by atoms with Crippen molar-refractivity contribution in [2.45, 2.75) is 91.4 Å². The van der Waals surface area contributed by atoms with Gasteiger partial charge in [0.15, 0.2) is 0 Å². The van der Waals surface area contributed by atoms with E-state index in [2.05, 4.69) is 13.8 Å². The van der Waals surface area contributed by atoms with Gasteiger partial charge in [-0.1, -0.05) is 77.2 Å². The van der Waals surface area contributed by atoms with Gasteiger partial charge in [-0.15, -0.1) is 0 Å². The molecule has 0 rings (SSSR count). The number of carbonyl (C=O) groups is 1. The maximum absolute atomic E-state index is 10.5. The van der Waals surface area contributed by atoms with Crippen LogP contribution in [0.25, 0.3) is 0 Å². The molecule has 1 N–H and O–H groups in total. The molecule has 2 heteroatoms. The summed E-state index contributed by atoms with van der Waals surface area (Å²) < 4.78 is 0. The summed E-state index contributed by atoms with van der Waals surface area (Å²) in [6, 6.07) is 0. The van der Waals surface area contributed by atoms with Crippen molar-refractivity contribution in [1.29, 1.82) is 0 Å². The molecule has 0 radical (unpaired) electrons. The fourth-order valence-corrected chi connectivity index (χ4v) is 2.48. The highest BCUT2D eigenvalue weighted by Crippen LogP contribution is 2.14. The van der Waals surface area contributed by atoms with Gasteiger partial charge in [-0.3, -0.25) is 0 Å². The first kappa shape index (κ1) is 19.2. The average molecular weight is 282 g/mol.